The zero-order chi connectivity index (χ0) is 15.9. The van der Waals surface area contributed by atoms with E-state index in [0.717, 1.165) is 4.52 Å². The van der Waals surface area contributed by atoms with Gasteiger partial charge in [0, 0.05) is 38.3 Å². The van der Waals surface area contributed by atoms with E-state index in [1.165, 1.54) is 24.2 Å². The van der Waals surface area contributed by atoms with Crippen LogP contribution in [0.4, 0.5) is 4.39 Å². The fourth-order valence-corrected chi connectivity index (χ4v) is 2.44. The van der Waals surface area contributed by atoms with Crippen LogP contribution in [0.15, 0.2) is 17.1 Å². The molecule has 22 heavy (non-hydrogen) atoms. The van der Waals surface area contributed by atoms with E-state index in [1.807, 2.05) is 0 Å². The lowest BCUT2D eigenvalue weighted by Crippen LogP contribution is -2.51. The van der Waals surface area contributed by atoms with Gasteiger partial charge in [0.25, 0.3) is 17.4 Å². The molecule has 3 rings (SSSR count). The van der Waals surface area contributed by atoms with Crippen molar-refractivity contribution in [2.24, 2.45) is 5.92 Å². The number of likely N-dealkylation sites (tertiary alicyclic amines) is 1. The topological polar surface area (TPSA) is 99.6 Å². The number of hydrogen-bond donors (Lipinski definition) is 2. The van der Waals surface area contributed by atoms with E-state index in [2.05, 4.69) is 15.4 Å². The van der Waals surface area contributed by atoms with E-state index < -0.39 is 24.0 Å². The molecule has 8 nitrogen and oxygen atoms in total. The molecule has 0 aromatic carbocycles. The second kappa shape index (κ2) is 5.24. The predicted octanol–water partition coefficient (Wildman–Crippen LogP) is -0.576. The van der Waals surface area contributed by atoms with Crippen molar-refractivity contribution in [3.05, 3.63) is 33.9 Å². The molecule has 0 atom stereocenters. The number of nitrogens with one attached hydrogen (secondary N) is 2. The fraction of sp³-hybridized carbons (Fsp3) is 0.385. The Bertz CT molecular complexity index is 806. The quantitative estimate of drug-likeness (QED) is 0.792. The number of halogens is 1. The summed E-state index contributed by atoms with van der Waals surface area (Å²) in [6.07, 6.45) is 1.38. The minimum Gasteiger partial charge on any atom is -0.354 e. The Labute approximate surface area is 123 Å². The molecule has 2 N–H and O–H groups in total. The molecule has 2 aromatic heterocycles. The molecule has 9 heteroatoms. The van der Waals surface area contributed by atoms with Gasteiger partial charge in [-0.05, 0) is 0 Å². The molecule has 1 saturated heterocycles. The molecule has 2 aromatic rings. The highest BCUT2D eigenvalue weighted by molar-refractivity contribution is 6.10. The van der Waals surface area contributed by atoms with Gasteiger partial charge in [0.2, 0.25) is 0 Å². The molecule has 3 heterocycles. The fourth-order valence-electron chi connectivity index (χ4n) is 2.44. The summed E-state index contributed by atoms with van der Waals surface area (Å²) in [7, 11) is 1.41. The standard InChI is InChI=1S/C13H14FN5O3/c1-15-12(21)10-9(13(22)18-5-7(4-14)6-18)11-16-3-2-8(20)19(11)17-10/h2-3,7,16H,4-6H2,1H3,(H,15,21). The summed E-state index contributed by atoms with van der Waals surface area (Å²) in [4.78, 5) is 40.5. The maximum atomic E-state index is 12.6. The molecule has 2 amide bonds. The molecule has 0 aliphatic carbocycles. The lowest BCUT2D eigenvalue weighted by atomic mass is 10.0. The van der Waals surface area contributed by atoms with E-state index in [1.54, 1.807) is 0 Å². The highest BCUT2D eigenvalue weighted by Crippen LogP contribution is 2.22. The van der Waals surface area contributed by atoms with Crippen molar-refractivity contribution in [3.8, 4) is 0 Å². The van der Waals surface area contributed by atoms with Crippen LogP contribution in [0.3, 0.4) is 0 Å². The first-order valence-corrected chi connectivity index (χ1v) is 6.74. The molecular weight excluding hydrogens is 293 g/mol. The van der Waals surface area contributed by atoms with Gasteiger partial charge in [0.1, 0.15) is 5.56 Å². The van der Waals surface area contributed by atoms with E-state index in [-0.39, 0.29) is 35.9 Å². The highest BCUT2D eigenvalue weighted by atomic mass is 19.1. The van der Waals surface area contributed by atoms with Gasteiger partial charge in [-0.2, -0.15) is 9.61 Å². The second-order valence-corrected chi connectivity index (χ2v) is 5.11. The van der Waals surface area contributed by atoms with Gasteiger partial charge in [0.15, 0.2) is 11.3 Å². The van der Waals surface area contributed by atoms with Crippen LogP contribution in [-0.2, 0) is 0 Å². The van der Waals surface area contributed by atoms with Crippen LogP contribution < -0.4 is 10.9 Å². The van der Waals surface area contributed by atoms with Gasteiger partial charge < -0.3 is 15.2 Å². The monoisotopic (exact) mass is 307 g/mol. The van der Waals surface area contributed by atoms with Crippen LogP contribution in [0.25, 0.3) is 5.65 Å². The Morgan fingerprint density at radius 2 is 2.23 bits per heavy atom. The lowest BCUT2D eigenvalue weighted by molar-refractivity contribution is 0.0452. The maximum Gasteiger partial charge on any atom is 0.274 e. The van der Waals surface area contributed by atoms with Gasteiger partial charge in [0.05, 0.1) is 6.67 Å². The Morgan fingerprint density at radius 1 is 1.50 bits per heavy atom. The van der Waals surface area contributed by atoms with Crippen molar-refractivity contribution in [2.75, 3.05) is 26.8 Å². The number of rotatable bonds is 3. The number of carbonyl (C=O) groups excluding carboxylic acids is 2. The number of alkyl halides is 1. The molecule has 116 valence electrons. The van der Waals surface area contributed by atoms with Gasteiger partial charge in [-0.3, -0.25) is 18.8 Å². The number of amides is 2. The number of hydrogen-bond acceptors (Lipinski definition) is 4. The lowest BCUT2D eigenvalue weighted by Gasteiger charge is -2.37. The summed E-state index contributed by atoms with van der Waals surface area (Å²) >= 11 is 0. The summed E-state index contributed by atoms with van der Waals surface area (Å²) < 4.78 is 13.5. The Hall–Kier alpha value is -2.71. The van der Waals surface area contributed by atoms with E-state index >= 15 is 0 Å². The second-order valence-electron chi connectivity index (χ2n) is 5.11. The van der Waals surface area contributed by atoms with Crippen LogP contribution in [0, 0.1) is 5.92 Å². The smallest absolute Gasteiger partial charge is 0.274 e. The Balaban J connectivity index is 2.10. The average molecular weight is 307 g/mol. The number of nitrogens with zero attached hydrogens (tertiary/aromatic N) is 3. The van der Waals surface area contributed by atoms with Crippen molar-refractivity contribution < 1.29 is 14.0 Å². The van der Waals surface area contributed by atoms with Crippen molar-refractivity contribution in [2.45, 2.75) is 0 Å². The largest absolute Gasteiger partial charge is 0.354 e. The normalized spacial score (nSPS) is 14.9. The summed E-state index contributed by atoms with van der Waals surface area (Å²) in [5, 5.41) is 6.31. The van der Waals surface area contributed by atoms with E-state index in [0.29, 0.717) is 0 Å². The SMILES string of the molecule is CNC(=O)c1nn2c(=O)cc[nH]c2c1C(=O)N1CC(CF)C1. The molecule has 1 aliphatic heterocycles. The number of aromatic nitrogens is 3. The third kappa shape index (κ3) is 2.05. The molecule has 0 bridgehead atoms. The predicted molar refractivity (Wildman–Crippen MR) is 74.6 cm³/mol. The van der Waals surface area contributed by atoms with Gasteiger partial charge in [-0.15, -0.1) is 0 Å². The first-order valence-electron chi connectivity index (χ1n) is 6.74. The third-order valence-electron chi connectivity index (χ3n) is 3.66. The first kappa shape index (κ1) is 14.2. The third-order valence-corrected chi connectivity index (χ3v) is 3.66. The maximum absolute atomic E-state index is 12.6. The molecule has 0 spiro atoms. The average Bonchev–Trinajstić information content (AvgIpc) is 2.86. The van der Waals surface area contributed by atoms with Crippen LogP contribution in [0.2, 0.25) is 0 Å². The molecule has 1 aliphatic rings. The molecule has 0 saturated carbocycles. The van der Waals surface area contributed by atoms with Gasteiger partial charge >= 0.3 is 0 Å². The van der Waals surface area contributed by atoms with Crippen molar-refractivity contribution in [3.63, 3.8) is 0 Å². The number of H-pyrrole nitrogens is 1. The number of fused-ring (bicyclic) bond motifs is 1. The molecule has 0 radical (unpaired) electrons. The molecule has 1 fully saturated rings. The summed E-state index contributed by atoms with van der Waals surface area (Å²) in [6, 6.07) is 1.24. The minimum atomic E-state index is -0.567. The van der Waals surface area contributed by atoms with Crippen molar-refractivity contribution >= 4 is 17.5 Å². The van der Waals surface area contributed by atoms with Crippen LogP contribution in [0.5, 0.6) is 0 Å². The first-order chi connectivity index (χ1) is 10.6. The zero-order valence-electron chi connectivity index (χ0n) is 11.8. The number of aromatic amines is 1. The Kier molecular flexibility index (Phi) is 3.39. The molecule has 0 unspecified atom stereocenters. The summed E-state index contributed by atoms with van der Waals surface area (Å²) in [6.45, 7) is 0.0888. The Morgan fingerprint density at radius 3 is 2.86 bits per heavy atom. The van der Waals surface area contributed by atoms with E-state index in [4.69, 9.17) is 0 Å². The summed E-state index contributed by atoms with van der Waals surface area (Å²) in [5.41, 5.74) is -0.409. The van der Waals surface area contributed by atoms with Crippen molar-refractivity contribution in [1.29, 1.82) is 0 Å². The van der Waals surface area contributed by atoms with Crippen LogP contribution in [-0.4, -0.2) is 58.1 Å². The van der Waals surface area contributed by atoms with Gasteiger partial charge in [-0.1, -0.05) is 0 Å². The van der Waals surface area contributed by atoms with Crippen LogP contribution in [0.1, 0.15) is 20.8 Å². The van der Waals surface area contributed by atoms with Gasteiger partial charge in [-0.25, -0.2) is 0 Å². The highest BCUT2D eigenvalue weighted by Gasteiger charge is 2.35. The van der Waals surface area contributed by atoms with E-state index in [9.17, 15) is 18.8 Å². The van der Waals surface area contributed by atoms with Crippen LogP contribution >= 0.6 is 0 Å². The van der Waals surface area contributed by atoms with Crippen molar-refractivity contribution in [1.82, 2.24) is 24.8 Å². The summed E-state index contributed by atoms with van der Waals surface area (Å²) in [5.74, 6) is -1.18. The minimum absolute atomic E-state index is 0.0226. The zero-order valence-corrected chi connectivity index (χ0v) is 11.8. The number of carbonyl (C=O) groups is 2. The molecular formula is C13H14FN5O3.